The summed E-state index contributed by atoms with van der Waals surface area (Å²) in [6.07, 6.45) is 0.0814. The van der Waals surface area contributed by atoms with Crippen LogP contribution in [0.2, 0.25) is 0 Å². The van der Waals surface area contributed by atoms with Crippen LogP contribution in [0.4, 0.5) is 0 Å². The van der Waals surface area contributed by atoms with Gasteiger partial charge in [-0.15, -0.1) is 0 Å². The van der Waals surface area contributed by atoms with E-state index in [1.54, 1.807) is 0 Å². The van der Waals surface area contributed by atoms with Crippen LogP contribution in [0.1, 0.15) is 6.42 Å². The van der Waals surface area contributed by atoms with Crippen LogP contribution in [0.15, 0.2) is 0 Å². The molecule has 7 nitrogen and oxygen atoms in total. The highest BCUT2D eigenvalue weighted by Gasteiger charge is 2.40. The van der Waals surface area contributed by atoms with Crippen molar-refractivity contribution in [1.82, 2.24) is 4.31 Å². The van der Waals surface area contributed by atoms with Crippen LogP contribution in [0.5, 0.6) is 0 Å². The summed E-state index contributed by atoms with van der Waals surface area (Å²) >= 11 is 0. The van der Waals surface area contributed by atoms with Crippen LogP contribution < -0.4 is 0 Å². The fourth-order valence-corrected chi connectivity index (χ4v) is 6.31. The third-order valence-electron chi connectivity index (χ3n) is 2.67. The van der Waals surface area contributed by atoms with Crippen LogP contribution in [-0.4, -0.2) is 74.4 Å². The maximum absolute atomic E-state index is 12.0. The Balaban J connectivity index is 2.85. The van der Waals surface area contributed by atoms with E-state index in [1.807, 2.05) is 0 Å². The quantitative estimate of drug-likeness (QED) is 0.573. The topological polar surface area (TPSA) is 112 Å². The average molecular weight is 287 g/mol. The largest absolute Gasteiger partial charge is 0.395 e. The standard InChI is InChI=1S/C8H17NO6S2/c10-4-2-9(3-5-11)17(14,15)8-1-6-16(12,13)7-8/h8,10-11H,1-7H2. The fourth-order valence-electron chi connectivity index (χ4n) is 1.80. The van der Waals surface area contributed by atoms with Crippen LogP contribution in [0.3, 0.4) is 0 Å². The highest BCUT2D eigenvalue weighted by atomic mass is 32.2. The Morgan fingerprint density at radius 2 is 1.71 bits per heavy atom. The molecule has 0 aromatic carbocycles. The van der Waals surface area contributed by atoms with Crippen molar-refractivity contribution in [3.8, 4) is 0 Å². The van der Waals surface area contributed by atoms with Crippen molar-refractivity contribution >= 4 is 19.9 Å². The summed E-state index contributed by atoms with van der Waals surface area (Å²) in [4.78, 5) is 0. The molecule has 0 radical (unpaired) electrons. The van der Waals surface area contributed by atoms with Crippen molar-refractivity contribution in [2.75, 3.05) is 37.8 Å². The first-order chi connectivity index (χ1) is 7.83. The van der Waals surface area contributed by atoms with Gasteiger partial charge in [-0.3, -0.25) is 0 Å². The number of hydrogen-bond acceptors (Lipinski definition) is 6. The zero-order chi connectivity index (χ0) is 13.1. The van der Waals surface area contributed by atoms with Gasteiger partial charge in [0.15, 0.2) is 9.84 Å². The fraction of sp³-hybridized carbons (Fsp3) is 1.00. The molecule has 1 unspecified atom stereocenters. The van der Waals surface area contributed by atoms with Crippen molar-refractivity contribution in [3.63, 3.8) is 0 Å². The Kier molecular flexibility index (Phi) is 4.90. The minimum atomic E-state index is -3.76. The number of aliphatic hydroxyl groups is 2. The monoisotopic (exact) mass is 287 g/mol. The molecule has 1 fully saturated rings. The van der Waals surface area contributed by atoms with E-state index in [1.165, 1.54) is 0 Å². The molecule has 2 N–H and O–H groups in total. The van der Waals surface area contributed by atoms with Gasteiger partial charge in [-0.25, -0.2) is 16.8 Å². The molecule has 0 aliphatic carbocycles. The Morgan fingerprint density at radius 3 is 2.06 bits per heavy atom. The van der Waals surface area contributed by atoms with Gasteiger partial charge in [0.2, 0.25) is 10.0 Å². The molecular formula is C8H17NO6S2. The summed E-state index contributed by atoms with van der Waals surface area (Å²) in [5.74, 6) is -0.494. The Bertz CT molecular complexity index is 437. The zero-order valence-electron chi connectivity index (χ0n) is 9.32. The van der Waals surface area contributed by atoms with Crippen LogP contribution >= 0.6 is 0 Å². The minimum absolute atomic E-state index is 0.0814. The van der Waals surface area contributed by atoms with E-state index in [0.717, 1.165) is 4.31 Å². The molecule has 0 aromatic rings. The second-order valence-corrected chi connectivity index (χ2v) is 8.36. The van der Waals surface area contributed by atoms with Gasteiger partial charge in [0.25, 0.3) is 0 Å². The molecule has 1 aliphatic heterocycles. The molecule has 0 amide bonds. The van der Waals surface area contributed by atoms with E-state index >= 15 is 0 Å². The number of aliphatic hydroxyl groups excluding tert-OH is 2. The van der Waals surface area contributed by atoms with E-state index in [9.17, 15) is 16.8 Å². The lowest BCUT2D eigenvalue weighted by Gasteiger charge is -2.23. The Hall–Kier alpha value is -0.220. The summed E-state index contributed by atoms with van der Waals surface area (Å²) in [7, 11) is -7.03. The molecule has 1 rings (SSSR count). The molecule has 0 spiro atoms. The number of nitrogens with zero attached hydrogens (tertiary/aromatic N) is 1. The van der Waals surface area contributed by atoms with Gasteiger partial charge in [0.1, 0.15) is 0 Å². The molecule has 1 saturated heterocycles. The second kappa shape index (κ2) is 5.61. The highest BCUT2D eigenvalue weighted by molar-refractivity contribution is 7.95. The molecule has 9 heteroatoms. The molecule has 17 heavy (non-hydrogen) atoms. The number of sulfonamides is 1. The highest BCUT2D eigenvalue weighted by Crippen LogP contribution is 2.21. The predicted octanol–water partition coefficient (Wildman–Crippen LogP) is -2.21. The van der Waals surface area contributed by atoms with Crippen LogP contribution in [0, 0.1) is 0 Å². The molecular weight excluding hydrogens is 270 g/mol. The van der Waals surface area contributed by atoms with Gasteiger partial charge in [-0.1, -0.05) is 0 Å². The third kappa shape index (κ3) is 3.62. The molecule has 102 valence electrons. The maximum atomic E-state index is 12.0. The zero-order valence-corrected chi connectivity index (χ0v) is 11.0. The minimum Gasteiger partial charge on any atom is -0.395 e. The van der Waals surface area contributed by atoms with Crippen molar-refractivity contribution in [2.24, 2.45) is 0 Å². The van der Waals surface area contributed by atoms with Crippen molar-refractivity contribution in [1.29, 1.82) is 0 Å². The van der Waals surface area contributed by atoms with E-state index < -0.39 is 25.1 Å². The summed E-state index contributed by atoms with van der Waals surface area (Å²) in [6, 6.07) is 0. The number of hydrogen-bond donors (Lipinski definition) is 2. The summed E-state index contributed by atoms with van der Waals surface area (Å²) < 4.78 is 47.5. The third-order valence-corrected chi connectivity index (χ3v) is 6.98. The molecule has 1 atom stereocenters. The maximum Gasteiger partial charge on any atom is 0.218 e. The van der Waals surface area contributed by atoms with E-state index in [4.69, 9.17) is 10.2 Å². The van der Waals surface area contributed by atoms with Gasteiger partial charge in [-0.2, -0.15) is 4.31 Å². The SMILES string of the molecule is O=S1(=O)CCC(S(=O)(=O)N(CCO)CCO)C1. The molecule has 1 aliphatic rings. The molecule has 0 bridgehead atoms. The second-order valence-electron chi connectivity index (χ2n) is 3.92. The van der Waals surface area contributed by atoms with Crippen molar-refractivity contribution in [3.05, 3.63) is 0 Å². The van der Waals surface area contributed by atoms with E-state index in [2.05, 4.69) is 0 Å². The smallest absolute Gasteiger partial charge is 0.218 e. The molecule has 1 heterocycles. The Labute approximate surface area is 101 Å². The lowest BCUT2D eigenvalue weighted by molar-refractivity contribution is 0.216. The summed E-state index contributed by atoms with van der Waals surface area (Å²) in [6.45, 7) is -0.976. The first-order valence-corrected chi connectivity index (χ1v) is 8.57. The van der Waals surface area contributed by atoms with Gasteiger partial charge < -0.3 is 10.2 Å². The number of sulfone groups is 1. The summed E-state index contributed by atoms with van der Waals surface area (Å²) in [5.41, 5.74) is 0. The lowest BCUT2D eigenvalue weighted by Crippen LogP contribution is -2.42. The average Bonchev–Trinajstić information content (AvgIpc) is 2.59. The number of rotatable bonds is 6. The van der Waals surface area contributed by atoms with Gasteiger partial charge in [0.05, 0.1) is 30.0 Å². The normalized spacial score (nSPS) is 24.3. The van der Waals surface area contributed by atoms with Gasteiger partial charge in [0, 0.05) is 13.1 Å². The molecule has 0 saturated carbocycles. The van der Waals surface area contributed by atoms with Crippen LogP contribution in [-0.2, 0) is 19.9 Å². The van der Waals surface area contributed by atoms with E-state index in [-0.39, 0.29) is 44.2 Å². The van der Waals surface area contributed by atoms with Crippen molar-refractivity contribution < 1.29 is 27.0 Å². The predicted molar refractivity (Wildman–Crippen MR) is 61.7 cm³/mol. The first kappa shape index (κ1) is 14.8. The van der Waals surface area contributed by atoms with E-state index in [0.29, 0.717) is 0 Å². The van der Waals surface area contributed by atoms with Crippen LogP contribution in [0.25, 0.3) is 0 Å². The summed E-state index contributed by atoms with van der Waals surface area (Å²) in [5, 5.41) is 16.6. The Morgan fingerprint density at radius 1 is 1.18 bits per heavy atom. The molecule has 0 aromatic heterocycles. The van der Waals surface area contributed by atoms with Gasteiger partial charge >= 0.3 is 0 Å². The van der Waals surface area contributed by atoms with Gasteiger partial charge in [-0.05, 0) is 6.42 Å². The first-order valence-electron chi connectivity index (χ1n) is 5.24. The van der Waals surface area contributed by atoms with Crippen molar-refractivity contribution in [2.45, 2.75) is 11.7 Å². The lowest BCUT2D eigenvalue weighted by atomic mass is 10.4.